The number of halogens is 4. The number of fused-ring (bicyclic) bond motifs is 1. The van der Waals surface area contributed by atoms with Crippen LogP contribution >= 0.6 is 15.9 Å². The van der Waals surface area contributed by atoms with Crippen LogP contribution in [-0.2, 0) is 6.18 Å². The van der Waals surface area contributed by atoms with E-state index in [1.165, 1.54) is 16.7 Å². The minimum absolute atomic E-state index is 0.0573. The van der Waals surface area contributed by atoms with Gasteiger partial charge < -0.3 is 4.90 Å². The van der Waals surface area contributed by atoms with E-state index in [0.29, 0.717) is 41.8 Å². The fourth-order valence-electron chi connectivity index (χ4n) is 4.68. The van der Waals surface area contributed by atoms with E-state index in [1.54, 1.807) is 41.3 Å². The lowest BCUT2D eigenvalue weighted by molar-refractivity contribution is -0.137. The standard InChI is InChI=1S/C30H29BrF3N3O2/c1-3-5-8-18-36(28(38)20-10-9-11-21(19-20)30(32,33)34)26(4-2)27-35-25-13-7-6-12-24(25)29(39)37(27)23-16-14-22(31)15-17-23/h6-7,9-17,19,26H,3-5,8,18H2,1-2H3. The number of rotatable bonds is 9. The number of hydrogen-bond acceptors (Lipinski definition) is 3. The van der Waals surface area contributed by atoms with E-state index >= 15 is 0 Å². The Morgan fingerprint density at radius 3 is 2.38 bits per heavy atom. The molecule has 0 bridgehead atoms. The number of para-hydroxylation sites is 1. The normalized spacial score (nSPS) is 12.5. The second kappa shape index (κ2) is 12.2. The van der Waals surface area contributed by atoms with Gasteiger partial charge in [0, 0.05) is 16.6 Å². The molecule has 4 aromatic rings. The summed E-state index contributed by atoms with van der Waals surface area (Å²) in [5, 5.41) is 0.431. The highest BCUT2D eigenvalue weighted by molar-refractivity contribution is 9.10. The van der Waals surface area contributed by atoms with Crippen molar-refractivity contribution in [3.63, 3.8) is 0 Å². The van der Waals surface area contributed by atoms with Crippen LogP contribution in [0.5, 0.6) is 0 Å². The van der Waals surface area contributed by atoms with E-state index in [-0.39, 0.29) is 11.1 Å². The van der Waals surface area contributed by atoms with E-state index in [0.717, 1.165) is 29.4 Å². The fourth-order valence-corrected chi connectivity index (χ4v) is 4.95. The molecule has 0 N–H and O–H groups in total. The summed E-state index contributed by atoms with van der Waals surface area (Å²) in [7, 11) is 0. The van der Waals surface area contributed by atoms with Gasteiger partial charge in [-0.25, -0.2) is 4.98 Å². The van der Waals surface area contributed by atoms with Crippen LogP contribution in [0.2, 0.25) is 0 Å². The van der Waals surface area contributed by atoms with Crippen molar-refractivity contribution < 1.29 is 18.0 Å². The Morgan fingerprint density at radius 2 is 1.72 bits per heavy atom. The van der Waals surface area contributed by atoms with Crippen LogP contribution in [0.25, 0.3) is 16.6 Å². The van der Waals surface area contributed by atoms with Gasteiger partial charge >= 0.3 is 6.18 Å². The monoisotopic (exact) mass is 599 g/mol. The molecule has 1 atom stereocenters. The predicted molar refractivity (Wildman–Crippen MR) is 150 cm³/mol. The van der Waals surface area contributed by atoms with Crippen molar-refractivity contribution in [1.29, 1.82) is 0 Å². The van der Waals surface area contributed by atoms with Crippen LogP contribution in [0.4, 0.5) is 13.2 Å². The zero-order valence-corrected chi connectivity index (χ0v) is 23.3. The van der Waals surface area contributed by atoms with Crippen molar-refractivity contribution in [3.8, 4) is 5.69 Å². The number of amides is 1. The number of nitrogens with zero attached hydrogens (tertiary/aromatic N) is 3. The third-order valence-electron chi connectivity index (χ3n) is 6.65. The number of aromatic nitrogens is 2. The van der Waals surface area contributed by atoms with Gasteiger partial charge in [0.25, 0.3) is 11.5 Å². The highest BCUT2D eigenvalue weighted by atomic mass is 79.9. The first kappa shape index (κ1) is 28.5. The van der Waals surface area contributed by atoms with Crippen LogP contribution in [0, 0.1) is 0 Å². The van der Waals surface area contributed by atoms with Gasteiger partial charge in [-0.15, -0.1) is 0 Å². The molecule has 0 saturated carbocycles. The summed E-state index contributed by atoms with van der Waals surface area (Å²) < 4.78 is 42.7. The molecule has 4 rings (SSSR count). The van der Waals surface area contributed by atoms with Crippen molar-refractivity contribution >= 4 is 32.7 Å². The number of alkyl halides is 3. The lowest BCUT2D eigenvalue weighted by atomic mass is 10.0. The lowest BCUT2D eigenvalue weighted by Crippen LogP contribution is -2.39. The second-order valence-corrected chi connectivity index (χ2v) is 10.2. The molecule has 1 amide bonds. The molecule has 0 radical (unpaired) electrons. The Kier molecular flexibility index (Phi) is 8.90. The first-order valence-corrected chi connectivity index (χ1v) is 13.7. The quantitative estimate of drug-likeness (QED) is 0.183. The molecule has 39 heavy (non-hydrogen) atoms. The molecule has 0 fully saturated rings. The fraction of sp³-hybridized carbons (Fsp3) is 0.300. The average molecular weight is 600 g/mol. The first-order valence-electron chi connectivity index (χ1n) is 12.9. The van der Waals surface area contributed by atoms with Crippen LogP contribution in [0.15, 0.2) is 82.1 Å². The number of unbranched alkanes of at least 4 members (excludes halogenated alkanes) is 2. The molecule has 204 valence electrons. The largest absolute Gasteiger partial charge is 0.416 e. The van der Waals surface area contributed by atoms with Crippen molar-refractivity contribution in [3.05, 3.63) is 105 Å². The van der Waals surface area contributed by atoms with Gasteiger partial charge in [0.1, 0.15) is 5.82 Å². The van der Waals surface area contributed by atoms with Gasteiger partial charge in [-0.3, -0.25) is 14.2 Å². The van der Waals surface area contributed by atoms with Gasteiger partial charge in [-0.1, -0.05) is 60.8 Å². The van der Waals surface area contributed by atoms with Crippen LogP contribution in [-0.4, -0.2) is 26.9 Å². The van der Waals surface area contributed by atoms with Gasteiger partial charge in [-0.2, -0.15) is 13.2 Å². The van der Waals surface area contributed by atoms with E-state index in [9.17, 15) is 22.8 Å². The maximum atomic E-state index is 13.9. The molecule has 9 heteroatoms. The number of carbonyl (C=O) groups is 1. The zero-order valence-electron chi connectivity index (χ0n) is 21.7. The Hall–Kier alpha value is -3.46. The Balaban J connectivity index is 1.91. The maximum absolute atomic E-state index is 13.9. The van der Waals surface area contributed by atoms with Crippen molar-refractivity contribution in [2.24, 2.45) is 0 Å². The summed E-state index contributed by atoms with van der Waals surface area (Å²) in [6.45, 7) is 4.22. The lowest BCUT2D eigenvalue weighted by Gasteiger charge is -2.32. The summed E-state index contributed by atoms with van der Waals surface area (Å²) in [5.74, 6) is -0.172. The third kappa shape index (κ3) is 6.24. The third-order valence-corrected chi connectivity index (χ3v) is 7.18. The highest BCUT2D eigenvalue weighted by Crippen LogP contribution is 2.32. The van der Waals surface area contributed by atoms with Crippen LogP contribution in [0.3, 0.4) is 0 Å². The van der Waals surface area contributed by atoms with Gasteiger partial charge in [-0.05, 0) is 67.4 Å². The molecule has 5 nitrogen and oxygen atoms in total. The molecule has 0 aliphatic heterocycles. The zero-order chi connectivity index (χ0) is 28.2. The van der Waals surface area contributed by atoms with E-state index in [2.05, 4.69) is 15.9 Å². The van der Waals surface area contributed by atoms with Gasteiger partial charge in [0.15, 0.2) is 0 Å². The van der Waals surface area contributed by atoms with Crippen LogP contribution in [0.1, 0.15) is 67.3 Å². The van der Waals surface area contributed by atoms with Crippen LogP contribution < -0.4 is 5.56 Å². The molecule has 0 spiro atoms. The number of benzene rings is 3. The first-order chi connectivity index (χ1) is 18.7. The Bertz CT molecular complexity index is 1520. The minimum atomic E-state index is -4.57. The van der Waals surface area contributed by atoms with E-state index in [4.69, 9.17) is 4.98 Å². The summed E-state index contributed by atoms with van der Waals surface area (Å²) >= 11 is 3.42. The average Bonchev–Trinajstić information content (AvgIpc) is 2.93. The number of hydrogen-bond donors (Lipinski definition) is 0. The molecule has 0 saturated heterocycles. The van der Waals surface area contributed by atoms with E-state index < -0.39 is 23.7 Å². The highest BCUT2D eigenvalue weighted by Gasteiger charge is 2.33. The minimum Gasteiger partial charge on any atom is -0.328 e. The SMILES string of the molecule is CCCCCN(C(=O)c1cccc(C(F)(F)F)c1)C(CC)c1nc2ccccc2c(=O)n1-c1ccc(Br)cc1. The molecular formula is C30H29BrF3N3O2. The number of carbonyl (C=O) groups excluding carboxylic acids is 1. The molecule has 1 heterocycles. The smallest absolute Gasteiger partial charge is 0.328 e. The molecular weight excluding hydrogens is 571 g/mol. The Labute approximate surface area is 233 Å². The summed E-state index contributed by atoms with van der Waals surface area (Å²) in [4.78, 5) is 34.1. The van der Waals surface area contributed by atoms with Crippen molar-refractivity contribution in [2.75, 3.05) is 6.54 Å². The molecule has 1 unspecified atom stereocenters. The van der Waals surface area contributed by atoms with Gasteiger partial charge in [0.05, 0.1) is 28.2 Å². The second-order valence-electron chi connectivity index (χ2n) is 9.31. The predicted octanol–water partition coefficient (Wildman–Crippen LogP) is 7.95. The van der Waals surface area contributed by atoms with Crippen molar-refractivity contribution in [2.45, 2.75) is 51.7 Å². The van der Waals surface area contributed by atoms with Crippen molar-refractivity contribution in [1.82, 2.24) is 14.5 Å². The summed E-state index contributed by atoms with van der Waals surface area (Å²) in [6, 6.07) is 18.0. The summed E-state index contributed by atoms with van der Waals surface area (Å²) in [5.41, 5.74) is -0.153. The topological polar surface area (TPSA) is 55.2 Å². The van der Waals surface area contributed by atoms with E-state index in [1.807, 2.05) is 26.0 Å². The molecule has 3 aromatic carbocycles. The maximum Gasteiger partial charge on any atom is 0.416 e. The molecule has 0 aliphatic rings. The summed E-state index contributed by atoms with van der Waals surface area (Å²) in [6.07, 6.45) is -1.77. The Morgan fingerprint density at radius 1 is 1.00 bits per heavy atom. The molecule has 0 aliphatic carbocycles. The molecule has 1 aromatic heterocycles. The van der Waals surface area contributed by atoms with Gasteiger partial charge in [0.2, 0.25) is 0 Å².